The van der Waals surface area contributed by atoms with E-state index in [1.54, 1.807) is 6.07 Å². The molecule has 0 aromatic heterocycles. The maximum atomic E-state index is 13.1. The van der Waals surface area contributed by atoms with Crippen LogP contribution in [0.5, 0.6) is 0 Å². The number of hydrogen-bond acceptors (Lipinski definition) is 2. The highest BCUT2D eigenvalue weighted by Crippen LogP contribution is 2.12. The van der Waals surface area contributed by atoms with E-state index in [1.807, 2.05) is 13.0 Å². The van der Waals surface area contributed by atoms with E-state index in [0.29, 0.717) is 12.5 Å². The van der Waals surface area contributed by atoms with E-state index in [-0.39, 0.29) is 12.4 Å². The van der Waals surface area contributed by atoms with E-state index < -0.39 is 0 Å². The second-order valence-electron chi connectivity index (χ2n) is 4.87. The lowest BCUT2D eigenvalue weighted by atomic mass is 10.00. The summed E-state index contributed by atoms with van der Waals surface area (Å²) in [5.74, 6) is 0.326. The van der Waals surface area contributed by atoms with Crippen molar-refractivity contribution in [1.82, 2.24) is 5.32 Å². The molecule has 0 amide bonds. The highest BCUT2D eigenvalue weighted by Gasteiger charge is 2.07. The summed E-state index contributed by atoms with van der Waals surface area (Å²) in [7, 11) is 0. The van der Waals surface area contributed by atoms with Crippen molar-refractivity contribution in [3.8, 4) is 0 Å². The minimum atomic E-state index is -0.183. The van der Waals surface area contributed by atoms with Gasteiger partial charge in [-0.25, -0.2) is 4.39 Å². The quantitative estimate of drug-likeness (QED) is 0.746. The highest BCUT2D eigenvalue weighted by molar-refractivity contribution is 5.26. The molecule has 2 nitrogen and oxygen atoms in total. The molecule has 0 fully saturated rings. The highest BCUT2D eigenvalue weighted by atomic mass is 19.1. The van der Waals surface area contributed by atoms with Gasteiger partial charge in [-0.15, -0.1) is 0 Å². The number of aliphatic hydroxyl groups excluding tert-OH is 1. The molecule has 1 atom stereocenters. The minimum Gasteiger partial charge on any atom is -0.396 e. The maximum Gasteiger partial charge on any atom is 0.123 e. The molecule has 0 saturated carbocycles. The van der Waals surface area contributed by atoms with Crippen molar-refractivity contribution >= 4 is 0 Å². The summed E-state index contributed by atoms with van der Waals surface area (Å²) in [5, 5.41) is 12.3. The topological polar surface area (TPSA) is 32.3 Å². The molecule has 0 aliphatic heterocycles. The van der Waals surface area contributed by atoms with Crippen molar-refractivity contribution in [2.45, 2.75) is 39.7 Å². The smallest absolute Gasteiger partial charge is 0.123 e. The third-order valence-corrected chi connectivity index (χ3v) is 3.29. The van der Waals surface area contributed by atoms with Crippen molar-refractivity contribution in [3.05, 3.63) is 35.1 Å². The van der Waals surface area contributed by atoms with Gasteiger partial charge in [-0.1, -0.05) is 19.4 Å². The SMILES string of the molecule is CCCC(CCO)CNCc1cc(F)ccc1C. The molecule has 0 heterocycles. The Balaban J connectivity index is 2.41. The molecule has 0 bridgehead atoms. The molecule has 0 aliphatic carbocycles. The summed E-state index contributed by atoms with van der Waals surface area (Å²) in [6.45, 7) is 5.96. The molecule has 102 valence electrons. The van der Waals surface area contributed by atoms with Gasteiger partial charge in [-0.2, -0.15) is 0 Å². The van der Waals surface area contributed by atoms with Crippen molar-refractivity contribution in [1.29, 1.82) is 0 Å². The predicted molar refractivity (Wildman–Crippen MR) is 72.9 cm³/mol. The van der Waals surface area contributed by atoms with Crippen LogP contribution < -0.4 is 5.32 Å². The average Bonchev–Trinajstić information content (AvgIpc) is 2.34. The standard InChI is InChI=1S/C15H24FNO/c1-3-4-13(7-8-18)10-17-11-14-9-15(16)6-5-12(14)2/h5-6,9,13,17-18H,3-4,7-8,10-11H2,1-2H3. The maximum absolute atomic E-state index is 13.1. The molecule has 0 aliphatic rings. The van der Waals surface area contributed by atoms with Gasteiger partial charge >= 0.3 is 0 Å². The van der Waals surface area contributed by atoms with E-state index in [1.165, 1.54) is 6.07 Å². The number of aliphatic hydroxyl groups is 1. The number of hydrogen-bond donors (Lipinski definition) is 2. The first-order valence-electron chi connectivity index (χ1n) is 6.74. The lowest BCUT2D eigenvalue weighted by molar-refractivity contribution is 0.248. The van der Waals surface area contributed by atoms with Crippen molar-refractivity contribution < 1.29 is 9.50 Å². The Kier molecular flexibility index (Phi) is 6.91. The Morgan fingerprint density at radius 2 is 2.11 bits per heavy atom. The molecular weight excluding hydrogens is 229 g/mol. The summed E-state index contributed by atoms with van der Waals surface area (Å²) < 4.78 is 13.1. The molecule has 1 rings (SSSR count). The number of benzene rings is 1. The molecule has 0 radical (unpaired) electrons. The van der Waals surface area contributed by atoms with Crippen LogP contribution in [0.4, 0.5) is 4.39 Å². The van der Waals surface area contributed by atoms with Crippen LogP contribution in [0.2, 0.25) is 0 Å². The number of nitrogens with one attached hydrogen (secondary N) is 1. The monoisotopic (exact) mass is 253 g/mol. The van der Waals surface area contributed by atoms with Crippen LogP contribution in [0.15, 0.2) is 18.2 Å². The summed E-state index contributed by atoms with van der Waals surface area (Å²) in [6.07, 6.45) is 3.09. The molecule has 18 heavy (non-hydrogen) atoms. The molecule has 1 aromatic rings. The zero-order chi connectivity index (χ0) is 13.4. The van der Waals surface area contributed by atoms with E-state index >= 15 is 0 Å². The van der Waals surface area contributed by atoms with Crippen molar-refractivity contribution in [3.63, 3.8) is 0 Å². The second kappa shape index (κ2) is 8.22. The third-order valence-electron chi connectivity index (χ3n) is 3.29. The van der Waals surface area contributed by atoms with Gasteiger partial charge in [-0.05, 0) is 55.5 Å². The molecule has 0 spiro atoms. The van der Waals surface area contributed by atoms with Gasteiger partial charge in [0.15, 0.2) is 0 Å². The zero-order valence-corrected chi connectivity index (χ0v) is 11.4. The summed E-state index contributed by atoms with van der Waals surface area (Å²) >= 11 is 0. The molecular formula is C15H24FNO. The minimum absolute atomic E-state index is 0.183. The number of halogens is 1. The number of rotatable bonds is 8. The Labute approximate surface area is 109 Å². The van der Waals surface area contributed by atoms with Crippen LogP contribution in [0.25, 0.3) is 0 Å². The first-order chi connectivity index (χ1) is 8.67. The first kappa shape index (κ1) is 15.1. The van der Waals surface area contributed by atoms with Crippen LogP contribution in [0, 0.1) is 18.7 Å². The van der Waals surface area contributed by atoms with E-state index in [2.05, 4.69) is 12.2 Å². The third kappa shape index (κ3) is 5.15. The Bertz CT molecular complexity index is 348. The second-order valence-corrected chi connectivity index (χ2v) is 4.87. The molecule has 0 saturated heterocycles. The Morgan fingerprint density at radius 1 is 1.33 bits per heavy atom. The Hall–Kier alpha value is -0.930. The fourth-order valence-electron chi connectivity index (χ4n) is 2.18. The van der Waals surface area contributed by atoms with Crippen LogP contribution >= 0.6 is 0 Å². The van der Waals surface area contributed by atoms with Gasteiger partial charge in [0, 0.05) is 13.2 Å². The van der Waals surface area contributed by atoms with Crippen LogP contribution in [-0.4, -0.2) is 18.3 Å². The average molecular weight is 253 g/mol. The van der Waals surface area contributed by atoms with Gasteiger partial charge in [0.2, 0.25) is 0 Å². The van der Waals surface area contributed by atoms with Gasteiger partial charge in [0.05, 0.1) is 0 Å². The van der Waals surface area contributed by atoms with E-state index in [0.717, 1.165) is 36.9 Å². The van der Waals surface area contributed by atoms with E-state index in [4.69, 9.17) is 5.11 Å². The molecule has 3 heteroatoms. The fraction of sp³-hybridized carbons (Fsp3) is 0.600. The van der Waals surface area contributed by atoms with Crippen molar-refractivity contribution in [2.75, 3.05) is 13.2 Å². The summed E-state index contributed by atoms with van der Waals surface area (Å²) in [6, 6.07) is 4.89. The molecule has 1 unspecified atom stereocenters. The van der Waals surface area contributed by atoms with E-state index in [9.17, 15) is 4.39 Å². The van der Waals surface area contributed by atoms with Crippen LogP contribution in [-0.2, 0) is 6.54 Å². The van der Waals surface area contributed by atoms with Crippen LogP contribution in [0.1, 0.15) is 37.3 Å². The van der Waals surface area contributed by atoms with Gasteiger partial charge in [0.1, 0.15) is 5.82 Å². The molecule has 2 N–H and O–H groups in total. The van der Waals surface area contributed by atoms with Crippen molar-refractivity contribution in [2.24, 2.45) is 5.92 Å². The zero-order valence-electron chi connectivity index (χ0n) is 11.4. The summed E-state index contributed by atoms with van der Waals surface area (Å²) in [4.78, 5) is 0. The van der Waals surface area contributed by atoms with Gasteiger partial charge in [-0.3, -0.25) is 0 Å². The fourth-order valence-corrected chi connectivity index (χ4v) is 2.18. The Morgan fingerprint density at radius 3 is 2.78 bits per heavy atom. The lowest BCUT2D eigenvalue weighted by Gasteiger charge is -2.16. The lowest BCUT2D eigenvalue weighted by Crippen LogP contribution is -2.23. The normalized spacial score (nSPS) is 12.7. The first-order valence-corrected chi connectivity index (χ1v) is 6.74. The predicted octanol–water partition coefficient (Wildman–Crippen LogP) is 3.02. The summed E-state index contributed by atoms with van der Waals surface area (Å²) in [5.41, 5.74) is 2.12. The largest absolute Gasteiger partial charge is 0.396 e. The molecule has 1 aromatic carbocycles. The number of aryl methyl sites for hydroxylation is 1. The van der Waals surface area contributed by atoms with Gasteiger partial charge in [0.25, 0.3) is 0 Å². The van der Waals surface area contributed by atoms with Crippen LogP contribution in [0.3, 0.4) is 0 Å². The van der Waals surface area contributed by atoms with Gasteiger partial charge < -0.3 is 10.4 Å².